The summed E-state index contributed by atoms with van der Waals surface area (Å²) in [5.41, 5.74) is 3.62. The number of benzene rings is 2. The first-order valence-corrected chi connectivity index (χ1v) is 10.0. The first kappa shape index (κ1) is 19.6. The van der Waals surface area contributed by atoms with Gasteiger partial charge in [0.15, 0.2) is 11.3 Å². The Hall–Kier alpha value is -4.39. The highest BCUT2D eigenvalue weighted by molar-refractivity contribution is 6.05. The second-order valence-corrected chi connectivity index (χ2v) is 7.41. The number of aryl methyl sites for hydroxylation is 1. The molecule has 0 unspecified atom stereocenters. The summed E-state index contributed by atoms with van der Waals surface area (Å²) in [5.74, 6) is -0.117. The van der Waals surface area contributed by atoms with E-state index in [9.17, 15) is 9.59 Å². The van der Waals surface area contributed by atoms with Gasteiger partial charge in [-0.2, -0.15) is 0 Å². The minimum atomic E-state index is -0.730. The molecule has 3 heterocycles. The molecule has 5 rings (SSSR count). The van der Waals surface area contributed by atoms with Crippen LogP contribution in [0.4, 0.5) is 5.69 Å². The maximum atomic E-state index is 12.8. The summed E-state index contributed by atoms with van der Waals surface area (Å²) in [4.78, 5) is 30.0. The van der Waals surface area contributed by atoms with Crippen molar-refractivity contribution in [2.75, 3.05) is 12.4 Å². The average molecular weight is 425 g/mol. The monoisotopic (exact) mass is 425 g/mol. The summed E-state index contributed by atoms with van der Waals surface area (Å²) in [6.07, 6.45) is 3.88. The number of para-hydroxylation sites is 1. The van der Waals surface area contributed by atoms with Crippen molar-refractivity contribution in [1.82, 2.24) is 9.38 Å². The van der Waals surface area contributed by atoms with Gasteiger partial charge >= 0.3 is 5.63 Å². The number of aromatic nitrogens is 2. The number of rotatable bonds is 4. The van der Waals surface area contributed by atoms with Crippen molar-refractivity contribution >= 4 is 28.2 Å². The molecule has 0 aliphatic carbocycles. The molecule has 5 aromatic rings. The summed E-state index contributed by atoms with van der Waals surface area (Å²) < 4.78 is 12.5. The predicted molar refractivity (Wildman–Crippen MR) is 122 cm³/mol. The molecule has 158 valence electrons. The summed E-state index contributed by atoms with van der Waals surface area (Å²) >= 11 is 0. The van der Waals surface area contributed by atoms with E-state index in [4.69, 9.17) is 14.1 Å². The summed E-state index contributed by atoms with van der Waals surface area (Å²) in [5, 5.41) is 3.38. The maximum absolute atomic E-state index is 12.8. The fourth-order valence-corrected chi connectivity index (χ4v) is 3.68. The Bertz CT molecular complexity index is 1550. The quantitative estimate of drug-likeness (QED) is 0.423. The lowest BCUT2D eigenvalue weighted by atomic mass is 10.1. The topological polar surface area (TPSA) is 85.8 Å². The molecular formula is C25H19N3O4. The van der Waals surface area contributed by atoms with E-state index in [1.165, 1.54) is 13.2 Å². The normalized spacial score (nSPS) is 11.1. The third-order valence-corrected chi connectivity index (χ3v) is 5.28. The van der Waals surface area contributed by atoms with Crippen molar-refractivity contribution in [2.24, 2.45) is 0 Å². The first-order valence-electron chi connectivity index (χ1n) is 10.0. The van der Waals surface area contributed by atoms with Gasteiger partial charge in [-0.15, -0.1) is 0 Å². The maximum Gasteiger partial charge on any atom is 0.349 e. The van der Waals surface area contributed by atoms with Crippen LogP contribution in [0.3, 0.4) is 0 Å². The molecule has 0 spiro atoms. The van der Waals surface area contributed by atoms with E-state index in [1.807, 2.05) is 54.0 Å². The van der Waals surface area contributed by atoms with Crippen molar-refractivity contribution in [3.05, 3.63) is 94.6 Å². The summed E-state index contributed by atoms with van der Waals surface area (Å²) in [6.45, 7) is 2.01. The molecule has 1 amide bonds. The van der Waals surface area contributed by atoms with Gasteiger partial charge in [0.2, 0.25) is 0 Å². The van der Waals surface area contributed by atoms with Gasteiger partial charge < -0.3 is 18.9 Å². The third kappa shape index (κ3) is 3.39. The predicted octanol–water partition coefficient (Wildman–Crippen LogP) is 4.68. The van der Waals surface area contributed by atoms with E-state index in [2.05, 4.69) is 5.32 Å². The summed E-state index contributed by atoms with van der Waals surface area (Å²) in [7, 11) is 1.49. The lowest BCUT2D eigenvalue weighted by molar-refractivity contribution is 0.102. The van der Waals surface area contributed by atoms with Crippen molar-refractivity contribution in [3.63, 3.8) is 0 Å². The Morgan fingerprint density at radius 1 is 1.09 bits per heavy atom. The number of fused-ring (bicyclic) bond motifs is 2. The Labute approximate surface area is 182 Å². The molecule has 0 fully saturated rings. The van der Waals surface area contributed by atoms with Crippen LogP contribution in [0.2, 0.25) is 0 Å². The molecule has 1 N–H and O–H groups in total. The minimum absolute atomic E-state index is 0.0838. The zero-order valence-corrected chi connectivity index (χ0v) is 17.5. The number of carbonyl (C=O) groups excluding carboxylic acids is 1. The number of hydrogen-bond donors (Lipinski definition) is 1. The van der Waals surface area contributed by atoms with Crippen LogP contribution in [0, 0.1) is 6.92 Å². The molecule has 7 nitrogen and oxygen atoms in total. The van der Waals surface area contributed by atoms with Crippen molar-refractivity contribution in [1.29, 1.82) is 0 Å². The number of anilines is 1. The highest BCUT2D eigenvalue weighted by Gasteiger charge is 2.16. The highest BCUT2D eigenvalue weighted by Crippen LogP contribution is 2.26. The van der Waals surface area contributed by atoms with Gasteiger partial charge in [-0.1, -0.05) is 30.3 Å². The molecule has 32 heavy (non-hydrogen) atoms. The van der Waals surface area contributed by atoms with E-state index in [0.717, 1.165) is 22.5 Å². The molecule has 0 aliphatic rings. The second-order valence-electron chi connectivity index (χ2n) is 7.41. The fraction of sp³-hybridized carbons (Fsp3) is 0.0800. The van der Waals surface area contributed by atoms with E-state index in [1.54, 1.807) is 24.3 Å². The summed E-state index contributed by atoms with van der Waals surface area (Å²) in [6, 6.07) is 18.0. The lowest BCUT2D eigenvalue weighted by Crippen LogP contribution is -2.20. The van der Waals surface area contributed by atoms with Crippen LogP contribution in [0.15, 0.2) is 82.3 Å². The van der Waals surface area contributed by atoms with Gasteiger partial charge in [0.25, 0.3) is 5.91 Å². The number of methoxy groups -OCH3 is 1. The zero-order chi connectivity index (χ0) is 22.2. The van der Waals surface area contributed by atoms with Crippen LogP contribution in [0.25, 0.3) is 27.9 Å². The van der Waals surface area contributed by atoms with Crippen LogP contribution in [0.5, 0.6) is 5.75 Å². The van der Waals surface area contributed by atoms with Gasteiger partial charge in [0, 0.05) is 29.0 Å². The van der Waals surface area contributed by atoms with E-state index >= 15 is 0 Å². The molecule has 0 radical (unpaired) electrons. The molecule has 2 aromatic carbocycles. The Morgan fingerprint density at radius 3 is 2.75 bits per heavy atom. The van der Waals surface area contributed by atoms with Crippen LogP contribution in [-0.4, -0.2) is 22.4 Å². The molecular weight excluding hydrogens is 406 g/mol. The average Bonchev–Trinajstić information content (AvgIpc) is 3.24. The van der Waals surface area contributed by atoms with Crippen molar-refractivity contribution in [2.45, 2.75) is 6.92 Å². The molecule has 3 aromatic heterocycles. The Kier molecular flexibility index (Phi) is 4.71. The second kappa shape index (κ2) is 7.70. The molecule has 0 saturated carbocycles. The number of ether oxygens (including phenoxy) is 1. The standard InChI is InChI=1S/C25H19N3O4/c1-15-6-5-11-28-14-20(27-23(15)28)16-7-3-9-18(12-16)26-24(29)19-13-17-8-4-10-21(31-2)22(17)32-25(19)30/h3-14H,1-2H3,(H,26,29). The number of carbonyl (C=O) groups is 1. The van der Waals surface area contributed by atoms with Gasteiger partial charge in [-0.05, 0) is 42.8 Å². The number of imidazole rings is 1. The molecule has 0 atom stereocenters. The van der Waals surface area contributed by atoms with Gasteiger partial charge in [-0.3, -0.25) is 4.79 Å². The van der Waals surface area contributed by atoms with Crippen molar-refractivity contribution in [3.8, 4) is 17.0 Å². The van der Waals surface area contributed by atoms with Gasteiger partial charge in [0.1, 0.15) is 11.2 Å². The van der Waals surface area contributed by atoms with Gasteiger partial charge in [-0.25, -0.2) is 9.78 Å². The molecule has 7 heteroatoms. The van der Waals surface area contributed by atoms with E-state index in [-0.39, 0.29) is 5.56 Å². The number of pyridine rings is 1. The van der Waals surface area contributed by atoms with E-state index < -0.39 is 11.5 Å². The number of amides is 1. The van der Waals surface area contributed by atoms with Crippen LogP contribution in [-0.2, 0) is 0 Å². The van der Waals surface area contributed by atoms with Gasteiger partial charge in [0.05, 0.1) is 12.8 Å². The smallest absolute Gasteiger partial charge is 0.349 e. The van der Waals surface area contributed by atoms with E-state index in [0.29, 0.717) is 22.4 Å². The third-order valence-electron chi connectivity index (χ3n) is 5.28. The van der Waals surface area contributed by atoms with Crippen molar-refractivity contribution < 1.29 is 13.9 Å². The largest absolute Gasteiger partial charge is 0.493 e. The fourth-order valence-electron chi connectivity index (χ4n) is 3.68. The number of nitrogens with one attached hydrogen (secondary N) is 1. The lowest BCUT2D eigenvalue weighted by Gasteiger charge is -2.08. The minimum Gasteiger partial charge on any atom is -0.493 e. The van der Waals surface area contributed by atoms with Crippen LogP contribution >= 0.6 is 0 Å². The molecule has 0 bridgehead atoms. The van der Waals surface area contributed by atoms with Crippen LogP contribution < -0.4 is 15.7 Å². The SMILES string of the molecule is COc1cccc2cc(C(=O)Nc3cccc(-c4cn5cccc(C)c5n4)c3)c(=O)oc12. The number of hydrogen-bond acceptors (Lipinski definition) is 5. The Morgan fingerprint density at radius 2 is 1.94 bits per heavy atom. The Balaban J connectivity index is 1.47. The zero-order valence-electron chi connectivity index (χ0n) is 17.5. The first-order chi connectivity index (χ1) is 15.5. The molecule has 0 aliphatic heterocycles. The molecule has 0 saturated heterocycles. The number of nitrogens with zero attached hydrogens (tertiary/aromatic N) is 2. The highest BCUT2D eigenvalue weighted by atomic mass is 16.5. The van der Waals surface area contributed by atoms with Crippen LogP contribution in [0.1, 0.15) is 15.9 Å².